The summed E-state index contributed by atoms with van der Waals surface area (Å²) in [7, 11) is 0. The molecule has 0 aliphatic heterocycles. The summed E-state index contributed by atoms with van der Waals surface area (Å²) < 4.78 is 0. The van der Waals surface area contributed by atoms with Crippen molar-refractivity contribution in [3.05, 3.63) is 0 Å². The molecule has 0 unspecified atom stereocenters. The third kappa shape index (κ3) is 2.55. The summed E-state index contributed by atoms with van der Waals surface area (Å²) in [6.45, 7) is 5.04. The van der Waals surface area contributed by atoms with Crippen molar-refractivity contribution in [2.75, 3.05) is 0 Å². The van der Waals surface area contributed by atoms with Crippen LogP contribution in [-0.4, -0.2) is 22.2 Å². The Balaban J connectivity index is 4.73. The van der Waals surface area contributed by atoms with Gasteiger partial charge < -0.3 is 16.8 Å². The zero-order chi connectivity index (χ0) is 9.07. The zero-order valence-electron chi connectivity index (χ0n) is 7.00. The monoisotopic (exact) mass is 158 g/mol. The highest BCUT2D eigenvalue weighted by atomic mass is 16.4. The number of nitrogens with zero attached hydrogens (tertiary/aromatic N) is 2. The highest BCUT2D eigenvalue weighted by Gasteiger charge is 2.22. The van der Waals surface area contributed by atoms with Gasteiger partial charge in [-0.2, -0.15) is 5.10 Å². The molecule has 0 radical (unpaired) electrons. The molecule has 0 aromatic rings. The maximum atomic E-state index is 8.40. The molecule has 0 aromatic heterocycles. The fraction of sp³-hybridized carbons (Fsp3) is 0.667. The Morgan fingerprint density at radius 2 is 1.91 bits per heavy atom. The first-order valence-electron chi connectivity index (χ1n) is 3.19. The molecule has 0 atom stereocenters. The van der Waals surface area contributed by atoms with Crippen molar-refractivity contribution in [2.45, 2.75) is 26.3 Å². The van der Waals surface area contributed by atoms with Gasteiger partial charge in [-0.05, 0) is 20.8 Å². The molecule has 0 spiro atoms. The van der Waals surface area contributed by atoms with Gasteiger partial charge in [0.05, 0.1) is 5.54 Å². The Bertz CT molecular complexity index is 189. The molecule has 5 nitrogen and oxygen atoms in total. The first-order valence-corrected chi connectivity index (χ1v) is 3.19. The second-order valence-corrected chi connectivity index (χ2v) is 2.88. The van der Waals surface area contributed by atoms with Crippen LogP contribution in [0.4, 0.5) is 0 Å². The predicted octanol–water partition coefficient (Wildman–Crippen LogP) is -0.112. The van der Waals surface area contributed by atoms with Crippen molar-refractivity contribution in [1.29, 1.82) is 0 Å². The normalized spacial score (nSPS) is 15.3. The van der Waals surface area contributed by atoms with E-state index in [1.807, 2.05) is 0 Å². The number of rotatable bonds is 2. The number of hydrazone groups is 1. The standard InChI is InChI=1S/C6H14N4O/c1-4(10-11)5(9-8)6(2,3)7/h11H,7-8H2,1-3H3/b9-5-,10-4+. The van der Waals surface area contributed by atoms with Gasteiger partial charge >= 0.3 is 0 Å². The van der Waals surface area contributed by atoms with E-state index < -0.39 is 5.54 Å². The van der Waals surface area contributed by atoms with Crippen molar-refractivity contribution in [1.82, 2.24) is 0 Å². The molecule has 0 fully saturated rings. The average molecular weight is 158 g/mol. The number of oxime groups is 1. The summed E-state index contributed by atoms with van der Waals surface area (Å²) in [6.07, 6.45) is 0. The molecule has 0 aromatic carbocycles. The summed E-state index contributed by atoms with van der Waals surface area (Å²) in [6, 6.07) is 0. The summed E-state index contributed by atoms with van der Waals surface area (Å²) in [4.78, 5) is 0. The molecule has 5 heteroatoms. The SMILES string of the molecule is CC(=N\O)/C(=N/N)C(C)(C)N. The van der Waals surface area contributed by atoms with Gasteiger partial charge in [0.25, 0.3) is 0 Å². The van der Waals surface area contributed by atoms with Crippen LogP contribution in [-0.2, 0) is 0 Å². The zero-order valence-corrected chi connectivity index (χ0v) is 7.00. The predicted molar refractivity (Wildman–Crippen MR) is 44.8 cm³/mol. The molecule has 0 amide bonds. The van der Waals surface area contributed by atoms with Crippen molar-refractivity contribution in [3.8, 4) is 0 Å². The Labute approximate surface area is 65.8 Å². The first-order chi connectivity index (χ1) is 4.93. The number of hydrogen-bond donors (Lipinski definition) is 3. The van der Waals surface area contributed by atoms with Crippen molar-refractivity contribution in [3.63, 3.8) is 0 Å². The lowest BCUT2D eigenvalue weighted by molar-refractivity contribution is 0.319. The van der Waals surface area contributed by atoms with Crippen LogP contribution < -0.4 is 11.6 Å². The molecule has 5 N–H and O–H groups in total. The van der Waals surface area contributed by atoms with Crippen molar-refractivity contribution in [2.24, 2.45) is 21.8 Å². The van der Waals surface area contributed by atoms with E-state index in [4.69, 9.17) is 16.8 Å². The van der Waals surface area contributed by atoms with E-state index in [-0.39, 0.29) is 0 Å². The molecular formula is C6H14N4O. The van der Waals surface area contributed by atoms with Crippen LogP contribution in [0.15, 0.2) is 10.3 Å². The Morgan fingerprint density at radius 1 is 1.45 bits per heavy atom. The molecule has 0 saturated carbocycles. The van der Waals surface area contributed by atoms with Gasteiger partial charge in [0, 0.05) is 0 Å². The average Bonchev–Trinajstić information content (AvgIpc) is 1.86. The van der Waals surface area contributed by atoms with Crippen LogP contribution >= 0.6 is 0 Å². The molecule has 64 valence electrons. The van der Waals surface area contributed by atoms with Gasteiger partial charge in [0.15, 0.2) is 0 Å². The molecule has 11 heavy (non-hydrogen) atoms. The van der Waals surface area contributed by atoms with Crippen LogP contribution in [0.25, 0.3) is 0 Å². The molecule has 0 heterocycles. The summed E-state index contributed by atoms with van der Waals surface area (Å²) in [5.41, 5.74) is 5.71. The Hall–Kier alpha value is -1.10. The minimum atomic E-state index is -0.676. The third-order valence-electron chi connectivity index (χ3n) is 1.23. The highest BCUT2D eigenvalue weighted by molar-refractivity contribution is 6.44. The van der Waals surface area contributed by atoms with Crippen molar-refractivity contribution >= 4 is 11.4 Å². The van der Waals surface area contributed by atoms with Crippen LogP contribution in [0.5, 0.6) is 0 Å². The number of nitrogens with two attached hydrogens (primary N) is 2. The van der Waals surface area contributed by atoms with Gasteiger partial charge in [-0.25, -0.2) is 0 Å². The van der Waals surface area contributed by atoms with Crippen LogP contribution in [0.3, 0.4) is 0 Å². The van der Waals surface area contributed by atoms with Crippen LogP contribution in [0, 0.1) is 0 Å². The van der Waals surface area contributed by atoms with E-state index in [9.17, 15) is 0 Å². The Kier molecular flexibility index (Phi) is 3.00. The smallest absolute Gasteiger partial charge is 0.104 e. The van der Waals surface area contributed by atoms with Gasteiger partial charge in [-0.3, -0.25) is 0 Å². The van der Waals surface area contributed by atoms with E-state index in [0.29, 0.717) is 11.4 Å². The van der Waals surface area contributed by atoms with Gasteiger partial charge in [-0.15, -0.1) is 0 Å². The topological polar surface area (TPSA) is 97.0 Å². The first kappa shape index (κ1) is 9.90. The largest absolute Gasteiger partial charge is 0.411 e. The van der Waals surface area contributed by atoms with Gasteiger partial charge in [-0.1, -0.05) is 5.16 Å². The van der Waals surface area contributed by atoms with E-state index in [2.05, 4.69) is 10.3 Å². The molecule has 0 bridgehead atoms. The van der Waals surface area contributed by atoms with Gasteiger partial charge in [0.1, 0.15) is 11.4 Å². The quantitative estimate of drug-likeness (QED) is 0.226. The fourth-order valence-electron chi connectivity index (χ4n) is 0.773. The summed E-state index contributed by atoms with van der Waals surface area (Å²) in [5, 5.41) is 14.8. The molecule has 0 saturated heterocycles. The summed E-state index contributed by atoms with van der Waals surface area (Å²) >= 11 is 0. The second-order valence-electron chi connectivity index (χ2n) is 2.88. The van der Waals surface area contributed by atoms with Crippen LogP contribution in [0.2, 0.25) is 0 Å². The van der Waals surface area contributed by atoms with E-state index in [1.54, 1.807) is 20.8 Å². The lowest BCUT2D eigenvalue weighted by Crippen LogP contribution is -2.45. The summed E-state index contributed by atoms with van der Waals surface area (Å²) in [5.74, 6) is 5.05. The molecule has 0 aliphatic rings. The van der Waals surface area contributed by atoms with Crippen molar-refractivity contribution < 1.29 is 5.21 Å². The maximum Gasteiger partial charge on any atom is 0.104 e. The second kappa shape index (κ2) is 3.34. The highest BCUT2D eigenvalue weighted by Crippen LogP contribution is 2.01. The fourth-order valence-corrected chi connectivity index (χ4v) is 0.773. The maximum absolute atomic E-state index is 8.40. The molecule has 0 aliphatic carbocycles. The lowest BCUT2D eigenvalue weighted by atomic mass is 9.97. The third-order valence-corrected chi connectivity index (χ3v) is 1.23. The van der Waals surface area contributed by atoms with E-state index in [1.165, 1.54) is 0 Å². The molecular weight excluding hydrogens is 144 g/mol. The lowest BCUT2D eigenvalue weighted by Gasteiger charge is -2.19. The number of hydrogen-bond acceptors (Lipinski definition) is 5. The minimum absolute atomic E-state index is 0.333. The Morgan fingerprint density at radius 3 is 2.00 bits per heavy atom. The molecule has 0 rings (SSSR count). The van der Waals surface area contributed by atoms with E-state index in [0.717, 1.165) is 0 Å². The van der Waals surface area contributed by atoms with Crippen LogP contribution in [0.1, 0.15) is 20.8 Å². The van der Waals surface area contributed by atoms with Gasteiger partial charge in [0.2, 0.25) is 0 Å². The minimum Gasteiger partial charge on any atom is -0.411 e. The van der Waals surface area contributed by atoms with E-state index >= 15 is 0 Å².